The number of aliphatic hydroxyl groups is 1. The lowest BCUT2D eigenvalue weighted by molar-refractivity contribution is 0.282. The van der Waals surface area contributed by atoms with E-state index in [0.717, 1.165) is 6.20 Å². The molecule has 0 spiro atoms. The summed E-state index contributed by atoms with van der Waals surface area (Å²) in [6.07, 6.45) is 2.21. The van der Waals surface area contributed by atoms with Gasteiger partial charge in [-0.2, -0.15) is 0 Å². The molecule has 19 heavy (non-hydrogen) atoms. The summed E-state index contributed by atoms with van der Waals surface area (Å²) in [5.41, 5.74) is 0.426. The minimum atomic E-state index is -3.86. The Morgan fingerprint density at radius 3 is 2.47 bits per heavy atom. The zero-order chi connectivity index (χ0) is 13.9. The van der Waals surface area contributed by atoms with Crippen LogP contribution in [0.15, 0.2) is 47.6 Å². The molecule has 0 saturated heterocycles. The first-order valence-electron chi connectivity index (χ1n) is 5.35. The maximum atomic E-state index is 13.3. The SMILES string of the molecule is O=S(=O)(Nc1ccncc1F)c1ccc(CO)cc1. The standard InChI is InChI=1S/C12H11FN2O3S/c13-11-7-14-6-5-12(11)15-19(17,18)10-3-1-9(8-16)2-4-10/h1-7,16H,8H2,(H,14,15). The van der Waals surface area contributed by atoms with Gasteiger partial charge in [0.2, 0.25) is 0 Å². The molecule has 5 nitrogen and oxygen atoms in total. The number of hydrogen-bond acceptors (Lipinski definition) is 4. The van der Waals surface area contributed by atoms with Gasteiger partial charge in [0.25, 0.3) is 10.0 Å². The Hall–Kier alpha value is -1.99. The second-order valence-electron chi connectivity index (χ2n) is 3.76. The lowest BCUT2D eigenvalue weighted by Crippen LogP contribution is -2.14. The van der Waals surface area contributed by atoms with Crippen LogP contribution in [0.25, 0.3) is 0 Å². The fourth-order valence-electron chi connectivity index (χ4n) is 1.44. The molecule has 2 N–H and O–H groups in total. The summed E-state index contributed by atoms with van der Waals surface area (Å²) >= 11 is 0. The average Bonchev–Trinajstić information content (AvgIpc) is 2.41. The molecule has 0 bridgehead atoms. The Morgan fingerprint density at radius 1 is 1.21 bits per heavy atom. The normalized spacial score (nSPS) is 11.3. The first-order valence-corrected chi connectivity index (χ1v) is 6.83. The molecule has 0 fully saturated rings. The molecule has 2 rings (SSSR count). The first kappa shape index (κ1) is 13.4. The number of hydrogen-bond donors (Lipinski definition) is 2. The molecule has 0 atom stereocenters. The van der Waals surface area contributed by atoms with Gasteiger partial charge in [-0.1, -0.05) is 12.1 Å². The van der Waals surface area contributed by atoms with Gasteiger partial charge in [0, 0.05) is 6.20 Å². The Labute approximate surface area is 109 Å². The van der Waals surface area contributed by atoms with Gasteiger partial charge in [-0.25, -0.2) is 12.8 Å². The van der Waals surface area contributed by atoms with Crippen LogP contribution >= 0.6 is 0 Å². The van der Waals surface area contributed by atoms with Gasteiger partial charge in [0.1, 0.15) is 0 Å². The number of aromatic nitrogens is 1. The molecular weight excluding hydrogens is 271 g/mol. The van der Waals surface area contributed by atoms with Crippen molar-refractivity contribution in [1.82, 2.24) is 4.98 Å². The third-order valence-electron chi connectivity index (χ3n) is 2.43. The third kappa shape index (κ3) is 3.07. The largest absolute Gasteiger partial charge is 0.392 e. The molecule has 7 heteroatoms. The lowest BCUT2D eigenvalue weighted by Gasteiger charge is -2.08. The van der Waals surface area contributed by atoms with Crippen LogP contribution < -0.4 is 4.72 Å². The Bertz CT molecular complexity index is 672. The van der Waals surface area contributed by atoms with Crippen molar-refractivity contribution >= 4 is 15.7 Å². The highest BCUT2D eigenvalue weighted by atomic mass is 32.2. The highest BCUT2D eigenvalue weighted by Crippen LogP contribution is 2.18. The van der Waals surface area contributed by atoms with Crippen LogP contribution in [-0.2, 0) is 16.6 Å². The van der Waals surface area contributed by atoms with Crippen molar-refractivity contribution in [2.45, 2.75) is 11.5 Å². The molecule has 0 amide bonds. The summed E-state index contributed by atoms with van der Waals surface area (Å²) in [5.74, 6) is -0.752. The predicted molar refractivity (Wildman–Crippen MR) is 67.4 cm³/mol. The van der Waals surface area contributed by atoms with Crippen molar-refractivity contribution in [3.05, 3.63) is 54.1 Å². The number of halogens is 1. The molecule has 0 unspecified atom stereocenters. The summed E-state index contributed by atoms with van der Waals surface area (Å²) < 4.78 is 39.5. The maximum absolute atomic E-state index is 13.3. The molecule has 1 aromatic carbocycles. The topological polar surface area (TPSA) is 79.3 Å². The Kier molecular flexibility index (Phi) is 3.77. The minimum absolute atomic E-state index is 0.0130. The fraction of sp³-hybridized carbons (Fsp3) is 0.0833. The van der Waals surface area contributed by atoms with Crippen LogP contribution in [0.5, 0.6) is 0 Å². The van der Waals surface area contributed by atoms with Gasteiger partial charge >= 0.3 is 0 Å². The number of aliphatic hydroxyl groups excluding tert-OH is 1. The number of benzene rings is 1. The molecule has 0 radical (unpaired) electrons. The molecule has 0 aliphatic heterocycles. The quantitative estimate of drug-likeness (QED) is 0.891. The van der Waals surface area contributed by atoms with Crippen molar-refractivity contribution in [1.29, 1.82) is 0 Å². The van der Waals surface area contributed by atoms with Crippen LogP contribution in [-0.4, -0.2) is 18.5 Å². The van der Waals surface area contributed by atoms with Crippen molar-refractivity contribution in [3.63, 3.8) is 0 Å². The van der Waals surface area contributed by atoms with Crippen molar-refractivity contribution < 1.29 is 17.9 Å². The van der Waals surface area contributed by atoms with Gasteiger partial charge in [0.05, 0.1) is 23.4 Å². The molecular formula is C12H11FN2O3S. The van der Waals surface area contributed by atoms with Crippen LogP contribution in [0.1, 0.15) is 5.56 Å². The molecule has 100 valence electrons. The number of nitrogens with one attached hydrogen (secondary N) is 1. The van der Waals surface area contributed by atoms with E-state index in [1.54, 1.807) is 0 Å². The van der Waals surface area contributed by atoms with Gasteiger partial charge in [-0.05, 0) is 23.8 Å². The van der Waals surface area contributed by atoms with E-state index in [-0.39, 0.29) is 17.2 Å². The fourth-order valence-corrected chi connectivity index (χ4v) is 2.50. The smallest absolute Gasteiger partial charge is 0.261 e. The minimum Gasteiger partial charge on any atom is -0.392 e. The number of anilines is 1. The first-order chi connectivity index (χ1) is 9.03. The molecule has 1 heterocycles. The predicted octanol–water partition coefficient (Wildman–Crippen LogP) is 1.51. The van der Waals surface area contributed by atoms with E-state index in [1.807, 2.05) is 0 Å². The van der Waals surface area contributed by atoms with Gasteiger partial charge < -0.3 is 5.11 Å². The average molecular weight is 282 g/mol. The van der Waals surface area contributed by atoms with E-state index in [2.05, 4.69) is 9.71 Å². The number of nitrogens with zero attached hydrogens (tertiary/aromatic N) is 1. The van der Waals surface area contributed by atoms with Crippen molar-refractivity contribution in [2.24, 2.45) is 0 Å². The van der Waals surface area contributed by atoms with Crippen LogP contribution in [0, 0.1) is 5.82 Å². The summed E-state index contributed by atoms with van der Waals surface area (Å²) in [5, 5.41) is 8.88. The molecule has 0 saturated carbocycles. The highest BCUT2D eigenvalue weighted by Gasteiger charge is 2.15. The van der Waals surface area contributed by atoms with Crippen LogP contribution in [0.2, 0.25) is 0 Å². The van der Waals surface area contributed by atoms with Crippen molar-refractivity contribution in [3.8, 4) is 0 Å². The van der Waals surface area contributed by atoms with Gasteiger partial charge in [-0.3, -0.25) is 9.71 Å². The van der Waals surface area contributed by atoms with Crippen LogP contribution in [0.4, 0.5) is 10.1 Å². The Balaban J connectivity index is 2.30. The zero-order valence-electron chi connectivity index (χ0n) is 9.75. The number of pyridine rings is 1. The molecule has 2 aromatic rings. The third-order valence-corrected chi connectivity index (χ3v) is 3.81. The van der Waals surface area contributed by atoms with E-state index >= 15 is 0 Å². The van der Waals surface area contributed by atoms with Gasteiger partial charge in [-0.15, -0.1) is 0 Å². The highest BCUT2D eigenvalue weighted by molar-refractivity contribution is 7.92. The zero-order valence-corrected chi connectivity index (χ0v) is 10.6. The maximum Gasteiger partial charge on any atom is 0.261 e. The lowest BCUT2D eigenvalue weighted by atomic mass is 10.2. The summed E-state index contributed by atoms with van der Waals surface area (Å²) in [6, 6.07) is 6.88. The van der Waals surface area contributed by atoms with Gasteiger partial charge in [0.15, 0.2) is 5.82 Å². The second-order valence-corrected chi connectivity index (χ2v) is 5.45. The summed E-state index contributed by atoms with van der Waals surface area (Å²) in [6.45, 7) is -0.174. The summed E-state index contributed by atoms with van der Waals surface area (Å²) in [7, 11) is -3.86. The monoisotopic (exact) mass is 282 g/mol. The molecule has 1 aromatic heterocycles. The van der Waals surface area contributed by atoms with Crippen molar-refractivity contribution in [2.75, 3.05) is 4.72 Å². The van der Waals surface area contributed by atoms with E-state index in [9.17, 15) is 12.8 Å². The number of rotatable bonds is 4. The second kappa shape index (κ2) is 5.33. The van der Waals surface area contributed by atoms with E-state index < -0.39 is 15.8 Å². The van der Waals surface area contributed by atoms with E-state index in [4.69, 9.17) is 5.11 Å². The van der Waals surface area contributed by atoms with E-state index in [0.29, 0.717) is 5.56 Å². The summed E-state index contributed by atoms with van der Waals surface area (Å²) in [4.78, 5) is 3.52. The van der Waals surface area contributed by atoms with Crippen LogP contribution in [0.3, 0.4) is 0 Å². The number of sulfonamides is 1. The van der Waals surface area contributed by atoms with E-state index in [1.165, 1.54) is 36.5 Å². The molecule has 0 aliphatic rings. The molecule has 0 aliphatic carbocycles. The Morgan fingerprint density at radius 2 is 1.89 bits per heavy atom.